The predicted molar refractivity (Wildman–Crippen MR) is 132 cm³/mol. The van der Waals surface area contributed by atoms with Crippen LogP contribution in [0, 0.1) is 11.8 Å². The van der Waals surface area contributed by atoms with Crippen molar-refractivity contribution < 1.29 is 19.1 Å². The van der Waals surface area contributed by atoms with Gasteiger partial charge in [0, 0.05) is 18.3 Å². The SMILES string of the molecule is CCCCCC(=O)Oc1ccc(N2C(=O)[C@@H]3C4c5ccccc5C(c5ccccc54)[C@H]3C2=O)cc1. The number of hydrogen-bond acceptors (Lipinski definition) is 4. The van der Waals surface area contributed by atoms with Crippen molar-refractivity contribution in [3.05, 3.63) is 95.1 Å². The number of carbonyl (C=O) groups is 3. The summed E-state index contributed by atoms with van der Waals surface area (Å²) < 4.78 is 5.43. The Kier molecular flexibility index (Phi) is 5.28. The van der Waals surface area contributed by atoms with E-state index in [-0.39, 0.29) is 29.6 Å². The maximum absolute atomic E-state index is 13.8. The number of benzene rings is 3. The van der Waals surface area contributed by atoms with E-state index in [0.29, 0.717) is 17.9 Å². The van der Waals surface area contributed by atoms with Gasteiger partial charge < -0.3 is 4.74 Å². The van der Waals surface area contributed by atoms with Gasteiger partial charge in [0.05, 0.1) is 17.5 Å². The Hall–Kier alpha value is -3.73. The average Bonchev–Trinajstić information content (AvgIpc) is 3.15. The third-order valence-corrected chi connectivity index (χ3v) is 7.76. The van der Waals surface area contributed by atoms with Gasteiger partial charge in [0.2, 0.25) is 11.8 Å². The molecule has 3 aromatic rings. The van der Waals surface area contributed by atoms with Crippen LogP contribution >= 0.6 is 0 Å². The fourth-order valence-corrected chi connectivity index (χ4v) is 6.30. The summed E-state index contributed by atoms with van der Waals surface area (Å²) in [6.07, 6.45) is 3.22. The smallest absolute Gasteiger partial charge is 0.311 e. The first kappa shape index (κ1) is 21.8. The summed E-state index contributed by atoms with van der Waals surface area (Å²) in [5.41, 5.74) is 5.15. The summed E-state index contributed by atoms with van der Waals surface area (Å²) in [7, 11) is 0. The van der Waals surface area contributed by atoms with E-state index in [2.05, 4.69) is 31.2 Å². The van der Waals surface area contributed by atoms with Crippen molar-refractivity contribution in [3.8, 4) is 5.75 Å². The largest absolute Gasteiger partial charge is 0.427 e. The van der Waals surface area contributed by atoms with E-state index in [4.69, 9.17) is 4.74 Å². The van der Waals surface area contributed by atoms with Crippen LogP contribution in [0.15, 0.2) is 72.8 Å². The molecule has 0 aromatic heterocycles. The van der Waals surface area contributed by atoms with Crippen LogP contribution in [0.25, 0.3) is 0 Å². The van der Waals surface area contributed by atoms with Crippen molar-refractivity contribution in [2.75, 3.05) is 4.90 Å². The topological polar surface area (TPSA) is 63.7 Å². The van der Waals surface area contributed by atoms with Crippen molar-refractivity contribution in [1.29, 1.82) is 0 Å². The first-order valence-electron chi connectivity index (χ1n) is 12.5. The van der Waals surface area contributed by atoms with Gasteiger partial charge >= 0.3 is 5.97 Å². The standard InChI is InChI=1S/C30H27NO4/c1-2-3-4-13-24(32)35-19-16-14-18(15-17-19)31-29(33)27-25-20-9-5-6-10-21(20)26(28(27)30(31)34)23-12-8-7-11-22(23)25/h5-12,14-17,25-28H,2-4,13H2,1H3/t25?,26?,27-,28-/m1/s1. The number of carbonyl (C=O) groups excluding carboxylic acids is 3. The highest BCUT2D eigenvalue weighted by Gasteiger charge is 2.61. The Morgan fingerprint density at radius 2 is 1.23 bits per heavy atom. The number of anilines is 1. The lowest BCUT2D eigenvalue weighted by Gasteiger charge is -2.45. The number of ether oxygens (including phenoxy) is 1. The first-order chi connectivity index (χ1) is 17.1. The average molecular weight is 466 g/mol. The highest BCUT2D eigenvalue weighted by atomic mass is 16.5. The Labute approximate surface area is 204 Å². The molecule has 35 heavy (non-hydrogen) atoms. The van der Waals surface area contributed by atoms with Crippen LogP contribution in [-0.2, 0) is 14.4 Å². The van der Waals surface area contributed by atoms with Crippen molar-refractivity contribution in [1.82, 2.24) is 0 Å². The van der Waals surface area contributed by atoms with E-state index in [9.17, 15) is 14.4 Å². The van der Waals surface area contributed by atoms with E-state index >= 15 is 0 Å². The Balaban J connectivity index is 1.31. The highest BCUT2D eigenvalue weighted by molar-refractivity contribution is 6.23. The molecule has 0 unspecified atom stereocenters. The number of rotatable bonds is 6. The number of nitrogens with zero attached hydrogens (tertiary/aromatic N) is 1. The summed E-state index contributed by atoms with van der Waals surface area (Å²) in [6.45, 7) is 2.09. The van der Waals surface area contributed by atoms with Crippen molar-refractivity contribution in [2.45, 2.75) is 44.4 Å². The molecule has 5 nitrogen and oxygen atoms in total. The molecule has 1 heterocycles. The van der Waals surface area contributed by atoms with Crippen LogP contribution in [0.1, 0.15) is 66.7 Å². The Morgan fingerprint density at radius 1 is 0.743 bits per heavy atom. The van der Waals surface area contributed by atoms with Gasteiger partial charge in [-0.1, -0.05) is 68.3 Å². The normalized spacial score (nSPS) is 23.6. The van der Waals surface area contributed by atoms with Crippen LogP contribution in [0.3, 0.4) is 0 Å². The number of amides is 2. The summed E-state index contributed by atoms with van der Waals surface area (Å²) in [5, 5.41) is 0. The Morgan fingerprint density at radius 3 is 1.69 bits per heavy atom. The monoisotopic (exact) mass is 465 g/mol. The van der Waals surface area contributed by atoms with E-state index in [1.165, 1.54) is 4.90 Å². The lowest BCUT2D eigenvalue weighted by atomic mass is 9.55. The van der Waals surface area contributed by atoms with E-state index < -0.39 is 11.8 Å². The third kappa shape index (κ3) is 3.33. The van der Waals surface area contributed by atoms with Crippen LogP contribution in [0.5, 0.6) is 5.75 Å². The second-order valence-electron chi connectivity index (χ2n) is 9.70. The molecule has 3 aromatic carbocycles. The molecule has 3 aliphatic carbocycles. The van der Waals surface area contributed by atoms with Gasteiger partial charge in [0.15, 0.2) is 0 Å². The molecule has 2 amide bonds. The fraction of sp³-hybridized carbons (Fsp3) is 0.300. The Bertz CT molecular complexity index is 1210. The van der Waals surface area contributed by atoms with Gasteiger partial charge in [-0.25, -0.2) is 4.90 Å². The molecule has 2 atom stereocenters. The molecule has 0 radical (unpaired) electrons. The number of imide groups is 1. The summed E-state index contributed by atoms with van der Waals surface area (Å²) in [6, 6.07) is 23.2. The van der Waals surface area contributed by atoms with Crippen molar-refractivity contribution in [2.24, 2.45) is 11.8 Å². The summed E-state index contributed by atoms with van der Waals surface area (Å²) in [5.74, 6) is -1.21. The van der Waals surface area contributed by atoms with E-state index in [0.717, 1.165) is 41.5 Å². The van der Waals surface area contributed by atoms with Gasteiger partial charge in [-0.3, -0.25) is 14.4 Å². The second-order valence-corrected chi connectivity index (χ2v) is 9.70. The van der Waals surface area contributed by atoms with Gasteiger partial charge in [-0.2, -0.15) is 0 Å². The van der Waals surface area contributed by atoms with Crippen LogP contribution in [-0.4, -0.2) is 17.8 Å². The maximum Gasteiger partial charge on any atom is 0.311 e. The molecule has 5 heteroatoms. The number of unbranched alkanes of at least 4 members (excludes halogenated alkanes) is 2. The van der Waals surface area contributed by atoms with Gasteiger partial charge in [0.1, 0.15) is 5.75 Å². The molecular formula is C30H27NO4. The molecule has 1 aliphatic heterocycles. The fourth-order valence-electron chi connectivity index (χ4n) is 6.30. The minimum Gasteiger partial charge on any atom is -0.427 e. The van der Waals surface area contributed by atoms with Crippen molar-refractivity contribution in [3.63, 3.8) is 0 Å². The lowest BCUT2D eigenvalue weighted by molar-refractivity contribution is -0.134. The summed E-state index contributed by atoms with van der Waals surface area (Å²) in [4.78, 5) is 41.0. The maximum atomic E-state index is 13.8. The van der Waals surface area contributed by atoms with Crippen LogP contribution in [0.2, 0.25) is 0 Å². The van der Waals surface area contributed by atoms with Crippen LogP contribution < -0.4 is 9.64 Å². The molecule has 1 saturated heterocycles. The zero-order valence-electron chi connectivity index (χ0n) is 19.6. The minimum absolute atomic E-state index is 0.123. The second kappa shape index (κ2) is 8.49. The van der Waals surface area contributed by atoms with Gasteiger partial charge in [-0.05, 0) is 52.9 Å². The minimum atomic E-state index is -0.409. The molecule has 1 fully saturated rings. The molecule has 4 aliphatic rings. The molecule has 0 saturated carbocycles. The summed E-state index contributed by atoms with van der Waals surface area (Å²) >= 11 is 0. The lowest BCUT2D eigenvalue weighted by Crippen LogP contribution is -2.41. The molecule has 7 rings (SSSR count). The van der Waals surface area contributed by atoms with E-state index in [1.54, 1.807) is 24.3 Å². The number of esters is 1. The zero-order chi connectivity index (χ0) is 24.1. The van der Waals surface area contributed by atoms with Gasteiger partial charge in [0.25, 0.3) is 0 Å². The third-order valence-electron chi connectivity index (χ3n) is 7.76. The first-order valence-corrected chi connectivity index (χ1v) is 12.5. The van der Waals surface area contributed by atoms with Gasteiger partial charge in [-0.15, -0.1) is 0 Å². The zero-order valence-corrected chi connectivity index (χ0v) is 19.6. The number of hydrogen-bond donors (Lipinski definition) is 0. The predicted octanol–water partition coefficient (Wildman–Crippen LogP) is 5.57. The molecule has 2 bridgehead atoms. The van der Waals surface area contributed by atoms with Crippen molar-refractivity contribution >= 4 is 23.5 Å². The highest BCUT2D eigenvalue weighted by Crippen LogP contribution is 2.61. The molecule has 176 valence electrons. The molecule has 0 N–H and O–H groups in total. The van der Waals surface area contributed by atoms with Crippen LogP contribution in [0.4, 0.5) is 5.69 Å². The molecular weight excluding hydrogens is 438 g/mol. The van der Waals surface area contributed by atoms with E-state index in [1.807, 2.05) is 24.3 Å². The molecule has 0 spiro atoms. The quantitative estimate of drug-likeness (QED) is 0.207.